The molecule has 5 nitrogen and oxygen atoms in total. The van der Waals surface area contributed by atoms with Crippen molar-refractivity contribution < 1.29 is 19.5 Å². The Kier molecular flexibility index (Phi) is 5.68. The number of thioether (sulfide) groups is 1. The number of rotatable bonds is 6. The molecule has 0 aromatic heterocycles. The number of benzene rings is 2. The maximum Gasteiger partial charge on any atom is 0.311 e. The smallest absolute Gasteiger partial charge is 0.311 e. The summed E-state index contributed by atoms with van der Waals surface area (Å²) in [5.41, 5.74) is 3.28. The third kappa shape index (κ3) is 4.41. The van der Waals surface area contributed by atoms with Gasteiger partial charge in [0.25, 0.3) is 0 Å². The molecular formula is C16H17NO4S. The van der Waals surface area contributed by atoms with Gasteiger partial charge in [0.1, 0.15) is 5.75 Å². The second-order valence-electron chi connectivity index (χ2n) is 4.51. The summed E-state index contributed by atoms with van der Waals surface area (Å²) in [7, 11) is 2.83. The van der Waals surface area contributed by atoms with Crippen LogP contribution < -0.4 is 5.48 Å². The Morgan fingerprint density at radius 2 is 1.95 bits per heavy atom. The molecule has 0 aliphatic carbocycles. The number of hydroxylamine groups is 1. The van der Waals surface area contributed by atoms with Gasteiger partial charge in [-0.25, -0.2) is 0 Å². The summed E-state index contributed by atoms with van der Waals surface area (Å²) in [4.78, 5) is 17.2. The molecule has 22 heavy (non-hydrogen) atoms. The summed E-state index contributed by atoms with van der Waals surface area (Å²) < 4.78 is 4.64. The first-order chi connectivity index (χ1) is 10.6. The Bertz CT molecular complexity index is 700. The van der Waals surface area contributed by atoms with E-state index in [0.29, 0.717) is 5.70 Å². The van der Waals surface area contributed by atoms with Gasteiger partial charge in [0.15, 0.2) is 0 Å². The summed E-state index contributed by atoms with van der Waals surface area (Å²) in [6.07, 6.45) is 0.110. The third-order valence-electron chi connectivity index (χ3n) is 2.93. The molecule has 0 bridgehead atoms. The van der Waals surface area contributed by atoms with Crippen LogP contribution >= 0.6 is 11.8 Å². The molecule has 2 rings (SSSR count). The highest BCUT2D eigenvalue weighted by atomic mass is 32.2. The van der Waals surface area contributed by atoms with Crippen molar-refractivity contribution in [1.29, 1.82) is 0 Å². The van der Waals surface area contributed by atoms with Crippen molar-refractivity contribution in [2.75, 3.05) is 14.2 Å². The summed E-state index contributed by atoms with van der Waals surface area (Å²) in [6, 6.07) is 11.1. The predicted octanol–water partition coefficient (Wildman–Crippen LogP) is 3.19. The minimum Gasteiger partial charge on any atom is -0.508 e. The zero-order valence-corrected chi connectivity index (χ0v) is 13.1. The molecule has 0 aliphatic rings. The number of ether oxygens (including phenoxy) is 1. The van der Waals surface area contributed by atoms with Crippen LogP contribution in [0.2, 0.25) is 0 Å². The fourth-order valence-corrected chi connectivity index (χ4v) is 2.64. The Labute approximate surface area is 132 Å². The lowest BCUT2D eigenvalue weighted by atomic mass is 10.1. The highest BCUT2D eigenvalue weighted by Gasteiger charge is 2.06. The normalized spacial score (nSPS) is 11.5. The molecule has 116 valence electrons. The number of methoxy groups -OCH3 is 1. The van der Waals surface area contributed by atoms with Gasteiger partial charge in [-0.2, -0.15) is 0 Å². The maximum atomic E-state index is 11.3. The summed E-state index contributed by atoms with van der Waals surface area (Å²) in [5, 5.41) is 13.3. The molecule has 0 saturated heterocycles. The number of carbonyl (C=O) groups is 1. The second-order valence-corrected chi connectivity index (χ2v) is 5.46. The quantitative estimate of drug-likeness (QED) is 0.484. The molecule has 0 saturated carbocycles. The summed E-state index contributed by atoms with van der Waals surface area (Å²) in [5.74, 6) is -0.0946. The van der Waals surface area contributed by atoms with Gasteiger partial charge in [-0.1, -0.05) is 23.9 Å². The molecule has 0 spiro atoms. The van der Waals surface area contributed by atoms with E-state index in [4.69, 9.17) is 4.84 Å². The first-order valence-corrected chi connectivity index (χ1v) is 7.44. The van der Waals surface area contributed by atoms with Gasteiger partial charge in [0.2, 0.25) is 0 Å². The van der Waals surface area contributed by atoms with Crippen LogP contribution in [-0.2, 0) is 14.4 Å². The Hall–Kier alpha value is -2.18. The molecule has 0 atom stereocenters. The van der Waals surface area contributed by atoms with E-state index in [1.165, 1.54) is 26.0 Å². The summed E-state index contributed by atoms with van der Waals surface area (Å²) in [6.45, 7) is 0. The van der Waals surface area contributed by atoms with E-state index in [9.17, 15) is 9.90 Å². The van der Waals surface area contributed by atoms with Gasteiger partial charge in [-0.05, 0) is 40.4 Å². The Morgan fingerprint density at radius 1 is 1.23 bits per heavy atom. The third-order valence-corrected chi connectivity index (χ3v) is 3.86. The van der Waals surface area contributed by atoms with Crippen molar-refractivity contribution in [1.82, 2.24) is 5.48 Å². The van der Waals surface area contributed by atoms with Crippen LogP contribution in [0.15, 0.2) is 52.4 Å². The molecule has 0 amide bonds. The number of esters is 1. The number of fused-ring (bicyclic) bond motifs is 1. The zero-order valence-electron chi connectivity index (χ0n) is 12.3. The SMILES string of the molecule is CONC(=CSc1ccc2cc(O)ccc2c1)CC(=O)OC. The van der Waals surface area contributed by atoms with E-state index in [2.05, 4.69) is 10.2 Å². The number of aromatic hydroxyl groups is 1. The van der Waals surface area contributed by atoms with Crippen LogP contribution in [0.4, 0.5) is 0 Å². The van der Waals surface area contributed by atoms with Crippen molar-refractivity contribution >= 4 is 28.5 Å². The monoisotopic (exact) mass is 319 g/mol. The topological polar surface area (TPSA) is 67.8 Å². The van der Waals surface area contributed by atoms with Crippen LogP contribution in [0.5, 0.6) is 5.75 Å². The molecule has 0 heterocycles. The van der Waals surface area contributed by atoms with Gasteiger partial charge in [-0.3, -0.25) is 15.1 Å². The van der Waals surface area contributed by atoms with E-state index < -0.39 is 0 Å². The second kappa shape index (κ2) is 7.72. The van der Waals surface area contributed by atoms with Crippen LogP contribution in [-0.4, -0.2) is 25.3 Å². The maximum absolute atomic E-state index is 11.3. The molecule has 6 heteroatoms. The summed E-state index contributed by atoms with van der Waals surface area (Å²) >= 11 is 1.47. The van der Waals surface area contributed by atoms with Gasteiger partial charge in [0, 0.05) is 4.90 Å². The molecule has 2 aromatic rings. The lowest BCUT2D eigenvalue weighted by Crippen LogP contribution is -2.15. The van der Waals surface area contributed by atoms with Crippen molar-refractivity contribution in [3.63, 3.8) is 0 Å². The fourth-order valence-electron chi connectivity index (χ4n) is 1.88. The largest absolute Gasteiger partial charge is 0.508 e. The predicted molar refractivity (Wildman–Crippen MR) is 86.3 cm³/mol. The number of phenolic OH excluding ortho intramolecular Hbond substituents is 1. The van der Waals surface area contributed by atoms with E-state index >= 15 is 0 Å². The molecule has 0 aliphatic heterocycles. The minimum atomic E-state index is -0.342. The number of phenols is 1. The highest BCUT2D eigenvalue weighted by molar-refractivity contribution is 8.02. The number of hydrogen-bond donors (Lipinski definition) is 2. The van der Waals surface area contributed by atoms with Crippen molar-refractivity contribution in [2.45, 2.75) is 11.3 Å². The van der Waals surface area contributed by atoms with Crippen LogP contribution in [0.3, 0.4) is 0 Å². The van der Waals surface area contributed by atoms with E-state index in [0.717, 1.165) is 15.7 Å². The van der Waals surface area contributed by atoms with Crippen molar-refractivity contribution in [3.05, 3.63) is 47.5 Å². The number of nitrogens with one attached hydrogen (secondary N) is 1. The first kappa shape index (κ1) is 16.2. The molecule has 0 fully saturated rings. The lowest BCUT2D eigenvalue weighted by Gasteiger charge is -2.08. The molecule has 0 unspecified atom stereocenters. The van der Waals surface area contributed by atoms with Crippen molar-refractivity contribution in [2.24, 2.45) is 0 Å². The van der Waals surface area contributed by atoms with Crippen LogP contribution in [0.1, 0.15) is 6.42 Å². The standard InChI is InChI=1S/C16H17NO4S/c1-20-16(19)9-13(17-21-2)10-22-15-6-4-11-7-14(18)5-3-12(11)8-15/h3-8,10,17-18H,9H2,1-2H3. The average Bonchev–Trinajstić information content (AvgIpc) is 2.52. The molecule has 2 N–H and O–H groups in total. The first-order valence-electron chi connectivity index (χ1n) is 6.56. The number of carbonyl (C=O) groups excluding carboxylic acids is 1. The zero-order chi connectivity index (χ0) is 15.9. The minimum absolute atomic E-state index is 0.110. The lowest BCUT2D eigenvalue weighted by molar-refractivity contribution is -0.140. The highest BCUT2D eigenvalue weighted by Crippen LogP contribution is 2.27. The Balaban J connectivity index is 2.15. The molecule has 0 radical (unpaired) electrons. The fraction of sp³-hybridized carbons (Fsp3) is 0.188. The van der Waals surface area contributed by atoms with E-state index in [1.54, 1.807) is 12.1 Å². The van der Waals surface area contributed by atoms with E-state index in [-0.39, 0.29) is 18.1 Å². The van der Waals surface area contributed by atoms with Crippen LogP contribution in [0, 0.1) is 0 Å². The average molecular weight is 319 g/mol. The van der Waals surface area contributed by atoms with Gasteiger partial charge in [-0.15, -0.1) is 0 Å². The van der Waals surface area contributed by atoms with E-state index in [1.807, 2.05) is 29.7 Å². The number of hydrogen-bond acceptors (Lipinski definition) is 6. The molecule has 2 aromatic carbocycles. The van der Waals surface area contributed by atoms with Gasteiger partial charge >= 0.3 is 5.97 Å². The van der Waals surface area contributed by atoms with Gasteiger partial charge in [0.05, 0.1) is 26.3 Å². The van der Waals surface area contributed by atoms with Crippen LogP contribution in [0.25, 0.3) is 10.8 Å². The van der Waals surface area contributed by atoms with Gasteiger partial charge < -0.3 is 9.84 Å². The Morgan fingerprint density at radius 3 is 2.68 bits per heavy atom. The molecular weight excluding hydrogens is 302 g/mol. The van der Waals surface area contributed by atoms with Crippen molar-refractivity contribution in [3.8, 4) is 5.75 Å².